The lowest BCUT2D eigenvalue weighted by atomic mass is 10.3. The van der Waals surface area contributed by atoms with Gasteiger partial charge in [0.25, 0.3) is 0 Å². The van der Waals surface area contributed by atoms with E-state index in [2.05, 4.69) is 6.92 Å². The van der Waals surface area contributed by atoms with Gasteiger partial charge in [-0.1, -0.05) is 6.92 Å². The van der Waals surface area contributed by atoms with Crippen molar-refractivity contribution >= 4 is 28.2 Å². The Balaban J connectivity index is 2.62. The average Bonchev–Trinajstić information content (AvgIpc) is 2.22. The predicted molar refractivity (Wildman–Crippen MR) is 65.1 cm³/mol. The smallest absolute Gasteiger partial charge is 0.147 e. The molecule has 1 aromatic rings. The van der Waals surface area contributed by atoms with Crippen molar-refractivity contribution in [2.45, 2.75) is 11.8 Å². The quantitative estimate of drug-likeness (QED) is 0.641. The van der Waals surface area contributed by atoms with Crippen LogP contribution in [0.4, 0.5) is 10.1 Å². The Morgan fingerprint density at radius 3 is 2.87 bits per heavy atom. The van der Waals surface area contributed by atoms with E-state index in [1.165, 1.54) is 12.1 Å². The molecular weight excluding hydrogens is 233 g/mol. The average molecular weight is 247 g/mol. The van der Waals surface area contributed by atoms with Gasteiger partial charge in [0.2, 0.25) is 0 Å². The molecule has 0 aliphatic heterocycles. The van der Waals surface area contributed by atoms with Gasteiger partial charge in [0, 0.05) is 16.4 Å². The first-order valence-electron chi connectivity index (χ1n) is 4.66. The van der Waals surface area contributed by atoms with E-state index < -0.39 is 16.6 Å². The molecule has 2 N–H and O–H groups in total. The molecule has 2 nitrogen and oxygen atoms in total. The number of hydrogen-bond acceptors (Lipinski definition) is 3. The first-order valence-corrected chi connectivity index (χ1v) is 7.13. The van der Waals surface area contributed by atoms with Gasteiger partial charge in [-0.3, -0.25) is 4.21 Å². The highest BCUT2D eigenvalue weighted by atomic mass is 32.2. The molecule has 0 heterocycles. The minimum absolute atomic E-state index is 0.0960. The van der Waals surface area contributed by atoms with E-state index in [-0.39, 0.29) is 5.69 Å². The summed E-state index contributed by atoms with van der Waals surface area (Å²) >= 11 is 1.73. The van der Waals surface area contributed by atoms with Crippen molar-refractivity contribution in [3.05, 3.63) is 24.0 Å². The molecule has 1 rings (SSSR count). The fraction of sp³-hybridized carbons (Fsp3) is 0.400. The third-order valence-corrected chi connectivity index (χ3v) is 4.37. The van der Waals surface area contributed by atoms with Crippen LogP contribution in [0, 0.1) is 5.82 Å². The second kappa shape index (κ2) is 6.12. The summed E-state index contributed by atoms with van der Waals surface area (Å²) < 4.78 is 24.7. The van der Waals surface area contributed by atoms with E-state index in [4.69, 9.17) is 5.73 Å². The SMILES string of the molecule is CCSCCS(=O)c1ccc(N)c(F)c1. The maximum absolute atomic E-state index is 13.1. The van der Waals surface area contributed by atoms with Crippen LogP contribution in [0.5, 0.6) is 0 Å². The number of nitrogens with two attached hydrogens (primary N) is 1. The maximum Gasteiger partial charge on any atom is 0.147 e. The Bertz CT molecular complexity index is 357. The molecule has 1 unspecified atom stereocenters. The molecule has 1 atom stereocenters. The van der Waals surface area contributed by atoms with Gasteiger partial charge in [-0.15, -0.1) is 0 Å². The van der Waals surface area contributed by atoms with Crippen molar-refractivity contribution in [1.82, 2.24) is 0 Å². The van der Waals surface area contributed by atoms with Crippen molar-refractivity contribution in [2.24, 2.45) is 0 Å². The lowest BCUT2D eigenvalue weighted by molar-refractivity contribution is 0.627. The molecule has 0 fully saturated rings. The van der Waals surface area contributed by atoms with Crippen LogP contribution in [0.25, 0.3) is 0 Å². The Morgan fingerprint density at radius 2 is 2.27 bits per heavy atom. The second-order valence-electron chi connectivity index (χ2n) is 2.93. The van der Waals surface area contributed by atoms with Crippen molar-refractivity contribution in [2.75, 3.05) is 23.0 Å². The summed E-state index contributed by atoms with van der Waals surface area (Å²) in [7, 11) is -1.12. The molecule has 0 spiro atoms. The zero-order valence-corrected chi connectivity index (χ0v) is 10.2. The largest absolute Gasteiger partial charge is 0.396 e. The van der Waals surface area contributed by atoms with Crippen LogP contribution < -0.4 is 5.73 Å². The van der Waals surface area contributed by atoms with Crippen LogP contribution in [0.2, 0.25) is 0 Å². The molecular formula is C10H14FNOS2. The van der Waals surface area contributed by atoms with Gasteiger partial charge in [0.1, 0.15) is 5.82 Å². The summed E-state index contributed by atoms with van der Waals surface area (Å²) in [6, 6.07) is 4.32. The van der Waals surface area contributed by atoms with Gasteiger partial charge in [-0.05, 0) is 24.0 Å². The van der Waals surface area contributed by atoms with Crippen LogP contribution in [-0.2, 0) is 10.8 Å². The lowest BCUT2D eigenvalue weighted by Crippen LogP contribution is -2.02. The molecule has 0 radical (unpaired) electrons. The van der Waals surface area contributed by atoms with Crippen molar-refractivity contribution < 1.29 is 8.60 Å². The molecule has 0 amide bonds. The summed E-state index contributed by atoms with van der Waals surface area (Å²) in [5, 5.41) is 0. The van der Waals surface area contributed by atoms with E-state index >= 15 is 0 Å². The first-order chi connectivity index (χ1) is 7.15. The Hall–Kier alpha value is -0.550. The van der Waals surface area contributed by atoms with Crippen molar-refractivity contribution in [3.63, 3.8) is 0 Å². The van der Waals surface area contributed by atoms with Crippen LogP contribution in [0.1, 0.15) is 6.92 Å². The van der Waals surface area contributed by atoms with Crippen LogP contribution in [0.3, 0.4) is 0 Å². The van der Waals surface area contributed by atoms with Crippen molar-refractivity contribution in [1.29, 1.82) is 0 Å². The number of thioether (sulfide) groups is 1. The lowest BCUT2D eigenvalue weighted by Gasteiger charge is -2.03. The zero-order chi connectivity index (χ0) is 11.3. The number of hydrogen-bond donors (Lipinski definition) is 1. The molecule has 5 heteroatoms. The molecule has 0 aromatic heterocycles. The molecule has 0 bridgehead atoms. The summed E-state index contributed by atoms with van der Waals surface area (Å²) in [4.78, 5) is 0.512. The van der Waals surface area contributed by atoms with E-state index in [0.717, 1.165) is 11.5 Å². The number of rotatable bonds is 5. The summed E-state index contributed by atoms with van der Waals surface area (Å²) in [5.41, 5.74) is 5.43. The summed E-state index contributed by atoms with van der Waals surface area (Å²) in [6.07, 6.45) is 0. The molecule has 0 saturated heterocycles. The summed E-state index contributed by atoms with van der Waals surface area (Å²) in [6.45, 7) is 2.05. The van der Waals surface area contributed by atoms with E-state index in [1.807, 2.05) is 0 Å². The molecule has 1 aromatic carbocycles. The molecule has 15 heavy (non-hydrogen) atoms. The topological polar surface area (TPSA) is 43.1 Å². The molecule has 0 aliphatic carbocycles. The number of halogens is 1. The third-order valence-electron chi connectivity index (χ3n) is 1.85. The van der Waals surface area contributed by atoms with Gasteiger partial charge in [0.05, 0.1) is 16.5 Å². The molecule has 84 valence electrons. The number of anilines is 1. The normalized spacial score (nSPS) is 12.7. The standard InChI is InChI=1S/C10H14FNOS2/c1-2-14-5-6-15(13)8-3-4-10(12)9(11)7-8/h3-4,7H,2,5-6,12H2,1H3. The minimum Gasteiger partial charge on any atom is -0.396 e. The van der Waals surface area contributed by atoms with Gasteiger partial charge < -0.3 is 5.73 Å². The summed E-state index contributed by atoms with van der Waals surface area (Å²) in [5.74, 6) is 1.90. The third kappa shape index (κ3) is 3.83. The zero-order valence-electron chi connectivity index (χ0n) is 8.53. The molecule has 0 saturated carbocycles. The van der Waals surface area contributed by atoms with Gasteiger partial charge in [0.15, 0.2) is 0 Å². The van der Waals surface area contributed by atoms with E-state index in [1.54, 1.807) is 17.8 Å². The van der Waals surface area contributed by atoms with Gasteiger partial charge in [-0.2, -0.15) is 11.8 Å². The van der Waals surface area contributed by atoms with Gasteiger partial charge in [-0.25, -0.2) is 4.39 Å². The fourth-order valence-corrected chi connectivity index (χ4v) is 3.10. The van der Waals surface area contributed by atoms with Crippen molar-refractivity contribution in [3.8, 4) is 0 Å². The highest BCUT2D eigenvalue weighted by Crippen LogP contribution is 2.15. The van der Waals surface area contributed by atoms with Crippen LogP contribution in [0.15, 0.2) is 23.1 Å². The predicted octanol–water partition coefficient (Wildman–Crippen LogP) is 2.27. The highest BCUT2D eigenvalue weighted by molar-refractivity contribution is 8.00. The number of nitrogen functional groups attached to an aromatic ring is 1. The molecule has 0 aliphatic rings. The first kappa shape index (κ1) is 12.5. The monoisotopic (exact) mass is 247 g/mol. The van der Waals surface area contributed by atoms with Gasteiger partial charge >= 0.3 is 0 Å². The van der Waals surface area contributed by atoms with Crippen LogP contribution in [-0.4, -0.2) is 21.5 Å². The Kier molecular flexibility index (Phi) is 5.11. The highest BCUT2D eigenvalue weighted by Gasteiger charge is 2.06. The fourth-order valence-electron chi connectivity index (χ4n) is 1.05. The van der Waals surface area contributed by atoms with E-state index in [0.29, 0.717) is 10.6 Å². The number of benzene rings is 1. The Labute approximate surface area is 95.9 Å². The second-order valence-corrected chi connectivity index (χ2v) is 5.89. The minimum atomic E-state index is -1.12. The Morgan fingerprint density at radius 1 is 1.53 bits per heavy atom. The van der Waals surface area contributed by atoms with Crippen LogP contribution >= 0.6 is 11.8 Å². The maximum atomic E-state index is 13.1. The van der Waals surface area contributed by atoms with E-state index in [9.17, 15) is 8.60 Å².